The molecule has 0 atom stereocenters. The molecule has 1 saturated heterocycles. The van der Waals surface area contributed by atoms with Gasteiger partial charge in [0.05, 0.1) is 0 Å². The standard InChI is InChI=1S/C16H19BrN2O2/c17-10-4-5-15(20)18-14-8-6-13(7-9-14)16(21)19-11-2-1-3-12-19/h4-9H,1-3,10-12H2,(H,18,20)/b5-4+. The molecule has 2 rings (SSSR count). The fraction of sp³-hybridized carbons (Fsp3) is 0.375. The summed E-state index contributed by atoms with van der Waals surface area (Å²) >= 11 is 3.22. The maximum Gasteiger partial charge on any atom is 0.253 e. The first-order chi connectivity index (χ1) is 10.2. The average Bonchev–Trinajstić information content (AvgIpc) is 2.54. The number of carbonyl (C=O) groups excluding carboxylic acids is 2. The molecule has 1 aliphatic rings. The predicted octanol–water partition coefficient (Wildman–Crippen LogP) is 3.20. The molecule has 1 aliphatic heterocycles. The summed E-state index contributed by atoms with van der Waals surface area (Å²) in [5, 5.41) is 3.39. The van der Waals surface area contributed by atoms with Crippen molar-refractivity contribution in [1.29, 1.82) is 0 Å². The first kappa shape index (κ1) is 15.8. The molecule has 1 aromatic rings. The van der Waals surface area contributed by atoms with Gasteiger partial charge >= 0.3 is 0 Å². The molecule has 0 bridgehead atoms. The first-order valence-corrected chi connectivity index (χ1v) is 8.25. The zero-order valence-corrected chi connectivity index (χ0v) is 13.4. The van der Waals surface area contributed by atoms with Crippen LogP contribution in [0.1, 0.15) is 29.6 Å². The van der Waals surface area contributed by atoms with Crippen molar-refractivity contribution in [1.82, 2.24) is 4.90 Å². The lowest BCUT2D eigenvalue weighted by atomic mass is 10.1. The number of piperidine rings is 1. The normalized spacial score (nSPS) is 15.2. The molecule has 1 aromatic carbocycles. The van der Waals surface area contributed by atoms with Crippen LogP contribution in [0.5, 0.6) is 0 Å². The van der Waals surface area contributed by atoms with Gasteiger partial charge in [0.1, 0.15) is 0 Å². The lowest BCUT2D eigenvalue weighted by molar-refractivity contribution is -0.111. The molecular formula is C16H19BrN2O2. The van der Waals surface area contributed by atoms with Gasteiger partial charge < -0.3 is 10.2 Å². The van der Waals surface area contributed by atoms with Gasteiger partial charge in [-0.25, -0.2) is 0 Å². The fourth-order valence-electron chi connectivity index (χ4n) is 2.31. The Morgan fingerprint density at radius 3 is 2.43 bits per heavy atom. The van der Waals surface area contributed by atoms with Crippen molar-refractivity contribution in [2.75, 3.05) is 23.7 Å². The molecule has 112 valence electrons. The second-order valence-corrected chi connectivity index (χ2v) is 5.62. The Hall–Kier alpha value is -1.62. The summed E-state index contributed by atoms with van der Waals surface area (Å²) in [6.07, 6.45) is 6.57. The third-order valence-corrected chi connectivity index (χ3v) is 3.77. The number of allylic oxidation sites excluding steroid dienone is 1. The minimum Gasteiger partial charge on any atom is -0.339 e. The number of benzene rings is 1. The summed E-state index contributed by atoms with van der Waals surface area (Å²) in [5.41, 5.74) is 1.36. The van der Waals surface area contributed by atoms with Crippen LogP contribution in [0.3, 0.4) is 0 Å². The van der Waals surface area contributed by atoms with Gasteiger partial charge in [-0.3, -0.25) is 9.59 Å². The van der Waals surface area contributed by atoms with Crippen LogP contribution in [0, 0.1) is 0 Å². The molecule has 1 N–H and O–H groups in total. The third-order valence-electron chi connectivity index (χ3n) is 3.40. The maximum atomic E-state index is 12.3. The minimum atomic E-state index is -0.176. The Bertz CT molecular complexity index is 520. The van der Waals surface area contributed by atoms with E-state index in [0.717, 1.165) is 25.9 Å². The summed E-state index contributed by atoms with van der Waals surface area (Å²) < 4.78 is 0. The zero-order chi connectivity index (χ0) is 15.1. The minimum absolute atomic E-state index is 0.0757. The van der Waals surface area contributed by atoms with Crippen LogP contribution < -0.4 is 5.32 Å². The number of anilines is 1. The third kappa shape index (κ3) is 4.70. The molecule has 0 aromatic heterocycles. The number of alkyl halides is 1. The van der Waals surface area contributed by atoms with Crippen molar-refractivity contribution in [3.8, 4) is 0 Å². The Labute approximate surface area is 133 Å². The summed E-state index contributed by atoms with van der Waals surface area (Å²) in [7, 11) is 0. The van der Waals surface area contributed by atoms with Gasteiger partial charge in [-0.1, -0.05) is 22.0 Å². The lowest BCUT2D eigenvalue weighted by Crippen LogP contribution is -2.35. The van der Waals surface area contributed by atoms with Crippen LogP contribution >= 0.6 is 15.9 Å². The highest BCUT2D eigenvalue weighted by molar-refractivity contribution is 9.09. The van der Waals surface area contributed by atoms with E-state index < -0.39 is 0 Å². The van der Waals surface area contributed by atoms with Crippen molar-refractivity contribution in [3.63, 3.8) is 0 Å². The zero-order valence-electron chi connectivity index (χ0n) is 11.8. The van der Waals surface area contributed by atoms with Crippen LogP contribution in [0.4, 0.5) is 5.69 Å². The number of nitrogens with zero attached hydrogens (tertiary/aromatic N) is 1. The summed E-state index contributed by atoms with van der Waals surface area (Å²) in [6.45, 7) is 1.68. The molecular weight excluding hydrogens is 332 g/mol. The van der Waals surface area contributed by atoms with Crippen molar-refractivity contribution in [3.05, 3.63) is 42.0 Å². The molecule has 0 saturated carbocycles. The molecule has 4 nitrogen and oxygen atoms in total. The Morgan fingerprint density at radius 2 is 1.81 bits per heavy atom. The number of nitrogens with one attached hydrogen (secondary N) is 1. The van der Waals surface area contributed by atoms with Crippen molar-refractivity contribution in [2.45, 2.75) is 19.3 Å². The Balaban J connectivity index is 1.96. The monoisotopic (exact) mass is 350 g/mol. The first-order valence-electron chi connectivity index (χ1n) is 7.13. The summed E-state index contributed by atoms with van der Waals surface area (Å²) in [5.74, 6) is -0.101. The van der Waals surface area contributed by atoms with Crippen molar-refractivity contribution < 1.29 is 9.59 Å². The summed E-state index contributed by atoms with van der Waals surface area (Å²) in [6, 6.07) is 7.05. The molecule has 21 heavy (non-hydrogen) atoms. The molecule has 0 spiro atoms. The number of amides is 2. The largest absolute Gasteiger partial charge is 0.339 e. The SMILES string of the molecule is O=C(/C=C/CBr)Nc1ccc(C(=O)N2CCCCC2)cc1. The van der Waals surface area contributed by atoms with E-state index in [-0.39, 0.29) is 11.8 Å². The van der Waals surface area contributed by atoms with Gasteiger partial charge in [0, 0.05) is 35.7 Å². The van der Waals surface area contributed by atoms with Gasteiger partial charge in [-0.05, 0) is 43.5 Å². The number of rotatable bonds is 4. The fourth-order valence-corrected chi connectivity index (χ4v) is 2.50. The molecule has 1 heterocycles. The van der Waals surface area contributed by atoms with Crippen molar-refractivity contribution in [2.24, 2.45) is 0 Å². The van der Waals surface area contributed by atoms with Crippen LogP contribution in [0.15, 0.2) is 36.4 Å². The average molecular weight is 351 g/mol. The van der Waals surface area contributed by atoms with Crippen molar-refractivity contribution >= 4 is 33.4 Å². The number of hydrogen-bond donors (Lipinski definition) is 1. The predicted molar refractivity (Wildman–Crippen MR) is 87.8 cm³/mol. The molecule has 5 heteroatoms. The van der Waals surface area contributed by atoms with E-state index in [9.17, 15) is 9.59 Å². The Kier molecular flexibility index (Phi) is 5.99. The van der Waals surface area contributed by atoms with E-state index in [1.165, 1.54) is 12.5 Å². The van der Waals surface area contributed by atoms with E-state index >= 15 is 0 Å². The highest BCUT2D eigenvalue weighted by Gasteiger charge is 2.17. The van der Waals surface area contributed by atoms with Gasteiger partial charge in [0.15, 0.2) is 0 Å². The second kappa shape index (κ2) is 7.98. The molecule has 0 aliphatic carbocycles. The highest BCUT2D eigenvalue weighted by atomic mass is 79.9. The molecule has 0 unspecified atom stereocenters. The van der Waals surface area contributed by atoms with E-state index in [4.69, 9.17) is 0 Å². The Morgan fingerprint density at radius 1 is 1.14 bits per heavy atom. The molecule has 2 amide bonds. The van der Waals surface area contributed by atoms with E-state index in [2.05, 4.69) is 21.2 Å². The molecule has 1 fully saturated rings. The highest BCUT2D eigenvalue weighted by Crippen LogP contribution is 2.15. The van der Waals surface area contributed by atoms with E-state index in [1.807, 2.05) is 4.90 Å². The van der Waals surface area contributed by atoms with Gasteiger partial charge in [-0.15, -0.1) is 0 Å². The lowest BCUT2D eigenvalue weighted by Gasteiger charge is -2.26. The van der Waals surface area contributed by atoms with Crippen LogP contribution in [0.25, 0.3) is 0 Å². The van der Waals surface area contributed by atoms with E-state index in [1.54, 1.807) is 30.3 Å². The van der Waals surface area contributed by atoms with E-state index in [0.29, 0.717) is 16.6 Å². The van der Waals surface area contributed by atoms with Gasteiger partial charge in [0.25, 0.3) is 5.91 Å². The number of carbonyl (C=O) groups is 2. The number of halogens is 1. The second-order valence-electron chi connectivity index (χ2n) is 4.98. The van der Waals surface area contributed by atoms with Crippen LogP contribution in [-0.2, 0) is 4.79 Å². The number of hydrogen-bond acceptors (Lipinski definition) is 2. The molecule has 0 radical (unpaired) electrons. The van der Waals surface area contributed by atoms with Crippen LogP contribution in [0.2, 0.25) is 0 Å². The number of likely N-dealkylation sites (tertiary alicyclic amines) is 1. The van der Waals surface area contributed by atoms with Crippen LogP contribution in [-0.4, -0.2) is 35.1 Å². The quantitative estimate of drug-likeness (QED) is 0.669. The smallest absolute Gasteiger partial charge is 0.253 e. The van der Waals surface area contributed by atoms with Gasteiger partial charge in [0.2, 0.25) is 5.91 Å². The topological polar surface area (TPSA) is 49.4 Å². The summed E-state index contributed by atoms with van der Waals surface area (Å²) in [4.78, 5) is 25.7. The maximum absolute atomic E-state index is 12.3. The van der Waals surface area contributed by atoms with Gasteiger partial charge in [-0.2, -0.15) is 0 Å².